The minimum absolute atomic E-state index is 0.206. The van der Waals surface area contributed by atoms with E-state index in [-0.39, 0.29) is 6.61 Å². The molecule has 0 aliphatic rings. The number of hydrogen-bond donors (Lipinski definition) is 0. The molecular weight excluding hydrogens is 512 g/mol. The van der Waals surface area contributed by atoms with Gasteiger partial charge in [0.2, 0.25) is 0 Å². The highest BCUT2D eigenvalue weighted by atomic mass is 79.9. The molecule has 36 heavy (non-hydrogen) atoms. The van der Waals surface area contributed by atoms with E-state index in [9.17, 15) is 4.79 Å². The summed E-state index contributed by atoms with van der Waals surface area (Å²) in [4.78, 5) is 13.7. The van der Waals surface area contributed by atoms with Crippen molar-refractivity contribution >= 4 is 33.0 Å². The van der Waals surface area contributed by atoms with Crippen LogP contribution >= 0.6 is 15.9 Å². The highest BCUT2D eigenvalue weighted by Crippen LogP contribution is 2.37. The smallest absolute Gasteiger partial charge is 0.338 e. The van der Waals surface area contributed by atoms with Gasteiger partial charge in [-0.2, -0.15) is 0 Å². The van der Waals surface area contributed by atoms with Crippen molar-refractivity contribution in [1.82, 2.24) is 0 Å². The first-order valence-corrected chi connectivity index (χ1v) is 12.8. The first kappa shape index (κ1) is 25.4. The summed E-state index contributed by atoms with van der Waals surface area (Å²) in [6, 6.07) is 40.0. The lowest BCUT2D eigenvalue weighted by atomic mass is 9.84. The number of hydrogen-bond acceptors (Lipinski definition) is 3. The highest BCUT2D eigenvalue weighted by molar-refractivity contribution is 9.09. The summed E-state index contributed by atoms with van der Waals surface area (Å²) in [5.74, 6) is -0.421. The second kappa shape index (κ2) is 12.8. The molecule has 4 heteroatoms. The van der Waals surface area contributed by atoms with E-state index in [4.69, 9.17) is 9.47 Å². The molecule has 4 rings (SSSR count). The molecule has 0 heterocycles. The van der Waals surface area contributed by atoms with Crippen LogP contribution in [0.15, 0.2) is 132 Å². The Kier molecular flexibility index (Phi) is 9.03. The zero-order chi connectivity index (χ0) is 25.2. The number of ether oxygens (including phenoxy) is 2. The van der Waals surface area contributed by atoms with Gasteiger partial charge in [0.15, 0.2) is 0 Å². The maximum absolute atomic E-state index is 13.7. The largest absolute Gasteiger partial charge is 0.465 e. The fraction of sp³-hybridized carbons (Fsp3) is 0.0938. The first-order valence-electron chi connectivity index (χ1n) is 11.7. The number of methoxy groups -OCH3 is 1. The topological polar surface area (TPSA) is 35.5 Å². The average molecular weight is 539 g/mol. The molecule has 0 aromatic heterocycles. The van der Waals surface area contributed by atoms with Crippen molar-refractivity contribution in [3.8, 4) is 0 Å². The molecule has 180 valence electrons. The van der Waals surface area contributed by atoms with Crippen LogP contribution in [0.2, 0.25) is 0 Å². The molecule has 0 spiro atoms. The van der Waals surface area contributed by atoms with E-state index in [1.807, 2.05) is 97.1 Å². The van der Waals surface area contributed by atoms with Gasteiger partial charge in [0.25, 0.3) is 0 Å². The number of rotatable bonds is 9. The molecule has 0 atom stereocenters. The zero-order valence-corrected chi connectivity index (χ0v) is 21.6. The van der Waals surface area contributed by atoms with Crippen molar-refractivity contribution in [1.29, 1.82) is 0 Å². The molecule has 0 fully saturated rings. The van der Waals surface area contributed by atoms with Gasteiger partial charge in [-0.25, -0.2) is 4.79 Å². The summed E-state index contributed by atoms with van der Waals surface area (Å²) in [5.41, 5.74) is 7.06. The third kappa shape index (κ3) is 5.91. The fourth-order valence-corrected chi connectivity index (χ4v) is 4.44. The van der Waals surface area contributed by atoms with Gasteiger partial charge < -0.3 is 9.47 Å². The molecule has 0 saturated heterocycles. The Bertz CT molecular complexity index is 1250. The number of esters is 1. The molecular formula is C32H27BrO3. The summed E-state index contributed by atoms with van der Waals surface area (Å²) >= 11 is 3.39. The monoisotopic (exact) mass is 538 g/mol. The Balaban J connectivity index is 2.18. The van der Waals surface area contributed by atoms with Crippen LogP contribution in [0.3, 0.4) is 0 Å². The van der Waals surface area contributed by atoms with Gasteiger partial charge >= 0.3 is 5.97 Å². The van der Waals surface area contributed by atoms with E-state index in [1.54, 1.807) is 0 Å². The number of carbonyl (C=O) groups is 1. The standard InChI is InChI=1S/C32H27BrO3/c1-35-32(34)31(30(26-18-10-4-11-19-26)27-20-12-5-13-21-27)28(22-36-23-33)29(24-14-6-2-7-15-24)25-16-8-3-9-17-25/h2-21H,22-23H2,1H3. The van der Waals surface area contributed by atoms with Crippen molar-refractivity contribution in [2.45, 2.75) is 0 Å². The van der Waals surface area contributed by atoms with Crippen molar-refractivity contribution in [3.05, 3.63) is 155 Å². The van der Waals surface area contributed by atoms with Crippen molar-refractivity contribution in [2.75, 3.05) is 19.2 Å². The summed E-state index contributed by atoms with van der Waals surface area (Å²) in [6.45, 7) is 0.206. The third-order valence-corrected chi connectivity index (χ3v) is 6.14. The van der Waals surface area contributed by atoms with Gasteiger partial charge in [-0.3, -0.25) is 0 Å². The summed E-state index contributed by atoms with van der Waals surface area (Å²) in [5, 5.41) is 0. The van der Waals surface area contributed by atoms with E-state index in [1.165, 1.54) is 7.11 Å². The molecule has 0 bridgehead atoms. The first-order chi connectivity index (χ1) is 17.7. The van der Waals surface area contributed by atoms with E-state index in [0.717, 1.165) is 39.0 Å². The summed E-state index contributed by atoms with van der Waals surface area (Å²) < 4.78 is 11.4. The Hall–Kier alpha value is -3.73. The van der Waals surface area contributed by atoms with Crippen molar-refractivity contribution < 1.29 is 14.3 Å². The van der Waals surface area contributed by atoms with Gasteiger partial charge in [0.05, 0.1) is 19.3 Å². The van der Waals surface area contributed by atoms with Crippen LogP contribution in [0.5, 0.6) is 0 Å². The Labute approximate surface area is 220 Å². The molecule has 0 aliphatic heterocycles. The van der Waals surface area contributed by atoms with Crippen LogP contribution < -0.4 is 0 Å². The van der Waals surface area contributed by atoms with E-state index >= 15 is 0 Å². The second-order valence-electron chi connectivity index (χ2n) is 8.02. The van der Waals surface area contributed by atoms with Crippen LogP contribution in [0, 0.1) is 0 Å². The maximum atomic E-state index is 13.7. The minimum Gasteiger partial charge on any atom is -0.465 e. The summed E-state index contributed by atoms with van der Waals surface area (Å²) in [7, 11) is 1.42. The second-order valence-corrected chi connectivity index (χ2v) is 8.47. The van der Waals surface area contributed by atoms with Gasteiger partial charge in [-0.15, -0.1) is 0 Å². The lowest BCUT2D eigenvalue weighted by Crippen LogP contribution is -2.16. The van der Waals surface area contributed by atoms with Crippen LogP contribution in [-0.4, -0.2) is 25.2 Å². The van der Waals surface area contributed by atoms with Crippen LogP contribution in [0.4, 0.5) is 0 Å². The number of halogens is 1. The summed E-state index contributed by atoms with van der Waals surface area (Å²) in [6.07, 6.45) is 0. The Morgan fingerprint density at radius 3 is 1.31 bits per heavy atom. The van der Waals surface area contributed by atoms with E-state index in [2.05, 4.69) is 40.2 Å². The normalized spacial score (nSPS) is 10.4. The van der Waals surface area contributed by atoms with E-state index < -0.39 is 5.97 Å². The Morgan fingerprint density at radius 2 is 0.972 bits per heavy atom. The molecule has 0 radical (unpaired) electrons. The average Bonchev–Trinajstić information content (AvgIpc) is 2.95. The van der Waals surface area contributed by atoms with Gasteiger partial charge in [0.1, 0.15) is 5.52 Å². The number of alkyl halides is 1. The van der Waals surface area contributed by atoms with Crippen LogP contribution in [0.1, 0.15) is 22.3 Å². The molecule has 4 aromatic carbocycles. The van der Waals surface area contributed by atoms with Crippen molar-refractivity contribution in [3.63, 3.8) is 0 Å². The van der Waals surface area contributed by atoms with Gasteiger partial charge in [-0.05, 0) is 27.8 Å². The number of carbonyl (C=O) groups excluding carboxylic acids is 1. The highest BCUT2D eigenvalue weighted by Gasteiger charge is 2.27. The van der Waals surface area contributed by atoms with E-state index in [0.29, 0.717) is 11.1 Å². The minimum atomic E-state index is -0.421. The van der Waals surface area contributed by atoms with Gasteiger partial charge in [-0.1, -0.05) is 137 Å². The predicted octanol–water partition coefficient (Wildman–Crippen LogP) is 7.53. The van der Waals surface area contributed by atoms with Gasteiger partial charge in [0, 0.05) is 11.1 Å². The Morgan fingerprint density at radius 1 is 0.611 bits per heavy atom. The predicted molar refractivity (Wildman–Crippen MR) is 150 cm³/mol. The molecule has 0 amide bonds. The molecule has 0 aliphatic carbocycles. The quantitative estimate of drug-likeness (QED) is 0.0955. The molecule has 0 saturated carbocycles. The lowest BCUT2D eigenvalue weighted by molar-refractivity contribution is -0.135. The molecule has 3 nitrogen and oxygen atoms in total. The van der Waals surface area contributed by atoms with Crippen LogP contribution in [0.25, 0.3) is 11.1 Å². The fourth-order valence-electron chi connectivity index (χ4n) is 4.28. The molecule has 0 unspecified atom stereocenters. The molecule has 0 N–H and O–H groups in total. The third-order valence-electron chi connectivity index (χ3n) is 5.82. The SMILES string of the molecule is COC(=O)C(C(COCBr)=C(c1ccccc1)c1ccccc1)=C(c1ccccc1)c1ccccc1. The molecule has 4 aromatic rings. The number of benzene rings is 4. The lowest BCUT2D eigenvalue weighted by Gasteiger charge is -2.22. The van der Waals surface area contributed by atoms with Crippen LogP contribution in [-0.2, 0) is 14.3 Å². The zero-order valence-electron chi connectivity index (χ0n) is 20.1. The maximum Gasteiger partial charge on any atom is 0.338 e. The van der Waals surface area contributed by atoms with Crippen molar-refractivity contribution in [2.24, 2.45) is 0 Å².